The van der Waals surface area contributed by atoms with E-state index >= 15 is 0 Å². The number of hydrogen-bond donors (Lipinski definition) is 1. The Balaban J connectivity index is 2.30. The molecule has 1 aliphatic rings. The first-order valence-electron chi connectivity index (χ1n) is 6.34. The Kier molecular flexibility index (Phi) is 4.27. The fraction of sp³-hybridized carbons (Fsp3) is 0.500. The highest BCUT2D eigenvalue weighted by atomic mass is 16.5. The van der Waals surface area contributed by atoms with Crippen molar-refractivity contribution in [1.29, 1.82) is 0 Å². The van der Waals surface area contributed by atoms with E-state index in [0.717, 1.165) is 22.6 Å². The molecule has 1 N–H and O–H groups in total. The van der Waals surface area contributed by atoms with Gasteiger partial charge in [-0.25, -0.2) is 0 Å². The zero-order chi connectivity index (χ0) is 13.8. The number of hydrogen-bond acceptors (Lipinski definition) is 5. The highest BCUT2D eigenvalue weighted by Gasteiger charge is 2.29. The second kappa shape index (κ2) is 5.93. The molecule has 2 rings (SSSR count). The molecule has 1 atom stereocenters. The predicted octanol–water partition coefficient (Wildman–Crippen LogP) is 1.28. The molecule has 0 aromatic heterocycles. The van der Waals surface area contributed by atoms with Gasteiger partial charge in [-0.3, -0.25) is 10.1 Å². The molecule has 1 heterocycles. The fourth-order valence-electron chi connectivity index (χ4n) is 2.36. The lowest BCUT2D eigenvalue weighted by Crippen LogP contribution is -2.43. The number of benzene rings is 1. The number of ether oxygens (including phenoxy) is 3. The van der Waals surface area contributed by atoms with Gasteiger partial charge in [0, 0.05) is 24.1 Å². The molecule has 5 nitrogen and oxygen atoms in total. The minimum absolute atomic E-state index is 0.224. The minimum Gasteiger partial charge on any atom is -0.496 e. The van der Waals surface area contributed by atoms with Crippen molar-refractivity contribution in [2.45, 2.75) is 25.9 Å². The molecule has 104 valence electrons. The van der Waals surface area contributed by atoms with Gasteiger partial charge in [0.1, 0.15) is 17.5 Å². The van der Waals surface area contributed by atoms with E-state index < -0.39 is 0 Å². The smallest absolute Gasteiger partial charge is 0.323 e. The second-order valence-corrected chi connectivity index (χ2v) is 4.32. The summed E-state index contributed by atoms with van der Waals surface area (Å²) < 4.78 is 15.8. The molecule has 0 amide bonds. The third-order valence-corrected chi connectivity index (χ3v) is 3.29. The van der Waals surface area contributed by atoms with Gasteiger partial charge in [0.05, 0.1) is 20.8 Å². The van der Waals surface area contributed by atoms with Crippen LogP contribution in [0.15, 0.2) is 12.1 Å². The van der Waals surface area contributed by atoms with Crippen LogP contribution in [0.5, 0.6) is 11.5 Å². The van der Waals surface area contributed by atoms with Gasteiger partial charge in [0.15, 0.2) is 0 Å². The third kappa shape index (κ3) is 2.66. The lowest BCUT2D eigenvalue weighted by molar-refractivity contribution is -0.145. The van der Waals surface area contributed by atoms with E-state index in [-0.39, 0.29) is 12.0 Å². The lowest BCUT2D eigenvalue weighted by Gasteiger charge is -2.27. The summed E-state index contributed by atoms with van der Waals surface area (Å²) >= 11 is 0. The quantitative estimate of drug-likeness (QED) is 0.831. The molecule has 19 heavy (non-hydrogen) atoms. The molecule has 5 heteroatoms. The normalized spacial score (nSPS) is 17.5. The Morgan fingerprint density at radius 2 is 1.89 bits per heavy atom. The summed E-state index contributed by atoms with van der Waals surface area (Å²) in [5.41, 5.74) is 2.06. The van der Waals surface area contributed by atoms with Crippen LogP contribution in [0.1, 0.15) is 18.1 Å². The zero-order valence-electron chi connectivity index (χ0n) is 11.5. The molecular weight excluding hydrogens is 246 g/mol. The molecule has 0 saturated heterocycles. The number of carbonyl (C=O) groups is 1. The van der Waals surface area contributed by atoms with E-state index in [9.17, 15) is 4.79 Å². The number of nitrogens with one attached hydrogen (secondary N) is 1. The van der Waals surface area contributed by atoms with Crippen molar-refractivity contribution in [3.63, 3.8) is 0 Å². The SMILES string of the molecule is CCOC(=O)C1Cc2c(OC)ccc(OC)c2CN1. The van der Waals surface area contributed by atoms with Crippen molar-refractivity contribution >= 4 is 5.97 Å². The van der Waals surface area contributed by atoms with Crippen LogP contribution in [0.4, 0.5) is 0 Å². The topological polar surface area (TPSA) is 56.8 Å². The van der Waals surface area contributed by atoms with Gasteiger partial charge >= 0.3 is 5.97 Å². The van der Waals surface area contributed by atoms with Crippen LogP contribution < -0.4 is 14.8 Å². The van der Waals surface area contributed by atoms with Crippen LogP contribution in [-0.4, -0.2) is 32.8 Å². The van der Waals surface area contributed by atoms with Gasteiger partial charge in [0.25, 0.3) is 0 Å². The molecule has 0 saturated carbocycles. The maximum absolute atomic E-state index is 11.8. The van der Waals surface area contributed by atoms with E-state index in [1.165, 1.54) is 0 Å². The summed E-state index contributed by atoms with van der Waals surface area (Å²) in [6.07, 6.45) is 0.550. The van der Waals surface area contributed by atoms with Gasteiger partial charge in [0.2, 0.25) is 0 Å². The van der Waals surface area contributed by atoms with E-state index in [0.29, 0.717) is 19.6 Å². The van der Waals surface area contributed by atoms with Gasteiger partial charge in [-0.05, 0) is 19.1 Å². The number of esters is 1. The van der Waals surface area contributed by atoms with Crippen molar-refractivity contribution < 1.29 is 19.0 Å². The standard InChI is InChI=1S/C14H19NO4/c1-4-19-14(16)11-7-9-10(8-15-11)13(18-3)6-5-12(9)17-2/h5-6,11,15H,4,7-8H2,1-3H3. The van der Waals surface area contributed by atoms with E-state index in [4.69, 9.17) is 14.2 Å². The van der Waals surface area contributed by atoms with Crippen molar-refractivity contribution in [2.75, 3.05) is 20.8 Å². The molecule has 0 bridgehead atoms. The van der Waals surface area contributed by atoms with Crippen LogP contribution in [0, 0.1) is 0 Å². The number of methoxy groups -OCH3 is 2. The van der Waals surface area contributed by atoms with Crippen molar-refractivity contribution in [1.82, 2.24) is 5.32 Å². The highest BCUT2D eigenvalue weighted by Crippen LogP contribution is 2.33. The number of rotatable bonds is 4. The van der Waals surface area contributed by atoms with Gasteiger partial charge in [-0.15, -0.1) is 0 Å². The van der Waals surface area contributed by atoms with Gasteiger partial charge in [-0.2, -0.15) is 0 Å². The second-order valence-electron chi connectivity index (χ2n) is 4.32. The summed E-state index contributed by atoms with van der Waals surface area (Å²) in [6, 6.07) is 3.42. The van der Waals surface area contributed by atoms with Crippen LogP contribution in [0.3, 0.4) is 0 Å². The van der Waals surface area contributed by atoms with Crippen LogP contribution in [0.25, 0.3) is 0 Å². The summed E-state index contributed by atoms with van der Waals surface area (Å²) in [5.74, 6) is 1.37. The molecule has 0 aliphatic carbocycles. The van der Waals surface area contributed by atoms with Crippen LogP contribution in [-0.2, 0) is 22.5 Å². The minimum atomic E-state index is -0.326. The third-order valence-electron chi connectivity index (χ3n) is 3.29. The monoisotopic (exact) mass is 265 g/mol. The van der Waals surface area contributed by atoms with Crippen molar-refractivity contribution in [2.24, 2.45) is 0 Å². The van der Waals surface area contributed by atoms with Crippen LogP contribution >= 0.6 is 0 Å². The van der Waals surface area contributed by atoms with E-state index in [1.54, 1.807) is 21.1 Å². The summed E-state index contributed by atoms with van der Waals surface area (Å²) in [7, 11) is 3.27. The average molecular weight is 265 g/mol. The predicted molar refractivity (Wildman–Crippen MR) is 70.5 cm³/mol. The number of fused-ring (bicyclic) bond motifs is 1. The molecule has 1 aliphatic heterocycles. The lowest BCUT2D eigenvalue weighted by atomic mass is 9.94. The maximum atomic E-state index is 11.8. The van der Waals surface area contributed by atoms with Crippen molar-refractivity contribution in [3.05, 3.63) is 23.3 Å². The highest BCUT2D eigenvalue weighted by molar-refractivity contribution is 5.77. The summed E-state index contributed by atoms with van der Waals surface area (Å²) in [6.45, 7) is 2.76. The Morgan fingerprint density at radius 3 is 2.47 bits per heavy atom. The molecule has 1 unspecified atom stereocenters. The average Bonchev–Trinajstić information content (AvgIpc) is 2.45. The van der Waals surface area contributed by atoms with E-state index in [1.807, 2.05) is 12.1 Å². The first kappa shape index (κ1) is 13.7. The molecule has 0 fully saturated rings. The first-order valence-corrected chi connectivity index (χ1v) is 6.34. The molecule has 0 radical (unpaired) electrons. The fourth-order valence-corrected chi connectivity index (χ4v) is 2.36. The van der Waals surface area contributed by atoms with Gasteiger partial charge in [-0.1, -0.05) is 0 Å². The molecule has 1 aromatic carbocycles. The Bertz CT molecular complexity index is 473. The first-order chi connectivity index (χ1) is 9.21. The summed E-state index contributed by atoms with van der Waals surface area (Å²) in [4.78, 5) is 11.8. The number of carbonyl (C=O) groups excluding carboxylic acids is 1. The van der Waals surface area contributed by atoms with E-state index in [2.05, 4.69) is 5.32 Å². The van der Waals surface area contributed by atoms with Crippen molar-refractivity contribution in [3.8, 4) is 11.5 Å². The largest absolute Gasteiger partial charge is 0.496 e. The summed E-state index contributed by atoms with van der Waals surface area (Å²) in [5, 5.41) is 3.18. The van der Waals surface area contributed by atoms with Gasteiger partial charge < -0.3 is 14.2 Å². The zero-order valence-corrected chi connectivity index (χ0v) is 11.5. The maximum Gasteiger partial charge on any atom is 0.323 e. The Hall–Kier alpha value is -1.75. The Morgan fingerprint density at radius 1 is 1.26 bits per heavy atom. The Labute approximate surface area is 112 Å². The molecule has 1 aromatic rings. The molecular formula is C14H19NO4. The van der Waals surface area contributed by atoms with Crippen LogP contribution in [0.2, 0.25) is 0 Å². The molecule has 0 spiro atoms.